The number of aliphatic carboxylic acids is 1. The predicted molar refractivity (Wildman–Crippen MR) is 77.1 cm³/mol. The minimum Gasteiger partial charge on any atom is -0.479 e. The summed E-state index contributed by atoms with van der Waals surface area (Å²) in [7, 11) is 0. The van der Waals surface area contributed by atoms with Crippen LogP contribution >= 0.6 is 0 Å². The number of rotatable bonds is 4. The van der Waals surface area contributed by atoms with E-state index in [1.54, 1.807) is 6.92 Å². The van der Waals surface area contributed by atoms with Gasteiger partial charge in [-0.25, -0.2) is 9.18 Å². The first-order chi connectivity index (χ1) is 11.0. The molecule has 0 radical (unpaired) electrons. The molecule has 1 aliphatic heterocycles. The van der Waals surface area contributed by atoms with Gasteiger partial charge in [0.1, 0.15) is 0 Å². The summed E-state index contributed by atoms with van der Waals surface area (Å²) in [6.45, 7) is 1.19. The molecule has 2 rings (SSSR count). The number of amides is 1. The highest BCUT2D eigenvalue weighted by molar-refractivity contribution is 5.82. The lowest BCUT2D eigenvalue weighted by atomic mass is 9.96. The van der Waals surface area contributed by atoms with Gasteiger partial charge in [-0.2, -0.15) is 13.2 Å². The number of hydrogen-bond acceptors (Lipinski definition) is 2. The Morgan fingerprint density at radius 2 is 1.88 bits per heavy atom. The number of carboxylic acids is 1. The Bertz CT molecular complexity index is 629. The molecule has 24 heavy (non-hydrogen) atoms. The molecule has 1 N–H and O–H groups in total. The molecule has 0 bridgehead atoms. The first-order valence-electron chi connectivity index (χ1n) is 7.40. The number of likely N-dealkylation sites (tertiary alicyclic amines) is 1. The largest absolute Gasteiger partial charge is 0.479 e. The molecule has 1 aromatic rings. The minimum absolute atomic E-state index is 0.0152. The van der Waals surface area contributed by atoms with Crippen molar-refractivity contribution in [2.24, 2.45) is 0 Å². The summed E-state index contributed by atoms with van der Waals surface area (Å²) in [6.07, 6.45) is -4.71. The van der Waals surface area contributed by atoms with Crippen molar-refractivity contribution in [2.45, 2.75) is 37.5 Å². The van der Waals surface area contributed by atoms with Gasteiger partial charge in [-0.1, -0.05) is 19.1 Å². The molecule has 1 fully saturated rings. The van der Waals surface area contributed by atoms with Crippen molar-refractivity contribution >= 4 is 11.9 Å². The van der Waals surface area contributed by atoms with Crippen LogP contribution in [0.1, 0.15) is 36.8 Å². The van der Waals surface area contributed by atoms with E-state index in [0.29, 0.717) is 5.56 Å². The van der Waals surface area contributed by atoms with E-state index in [1.807, 2.05) is 0 Å². The van der Waals surface area contributed by atoms with Crippen LogP contribution in [0.4, 0.5) is 17.6 Å². The second kappa shape index (κ2) is 6.41. The highest BCUT2D eigenvalue weighted by Gasteiger charge is 2.46. The number of carbonyl (C=O) groups excluding carboxylic acids is 1. The molecule has 0 saturated carbocycles. The van der Waals surface area contributed by atoms with Gasteiger partial charge < -0.3 is 10.0 Å². The fraction of sp³-hybridized carbons (Fsp3) is 0.500. The number of carbonyl (C=O) groups is 2. The van der Waals surface area contributed by atoms with Crippen molar-refractivity contribution in [3.63, 3.8) is 0 Å². The number of alkyl halides is 4. The molecule has 0 aliphatic carbocycles. The molecule has 0 spiro atoms. The number of carboxylic acid groups (broad SMARTS) is 1. The van der Waals surface area contributed by atoms with Crippen molar-refractivity contribution in [2.75, 3.05) is 13.1 Å². The fourth-order valence-electron chi connectivity index (χ4n) is 2.67. The highest BCUT2D eigenvalue weighted by atomic mass is 19.4. The normalized spacial score (nSPS) is 22.5. The monoisotopic (exact) mass is 347 g/mol. The number of nitrogens with zero attached hydrogens (tertiary/aromatic N) is 1. The summed E-state index contributed by atoms with van der Waals surface area (Å²) in [5.74, 6) is -2.36. The van der Waals surface area contributed by atoms with Crippen LogP contribution in [0, 0.1) is 0 Å². The van der Waals surface area contributed by atoms with Gasteiger partial charge in [0.15, 0.2) is 0 Å². The molecule has 1 aromatic carbocycles. The molecule has 2 atom stereocenters. The van der Waals surface area contributed by atoms with E-state index >= 15 is 0 Å². The zero-order valence-electron chi connectivity index (χ0n) is 12.9. The minimum atomic E-state index is -4.42. The Morgan fingerprint density at radius 1 is 1.29 bits per heavy atom. The third-order valence-electron chi connectivity index (χ3n) is 4.24. The molecule has 0 aromatic heterocycles. The maximum atomic E-state index is 14.0. The molecule has 1 heterocycles. The van der Waals surface area contributed by atoms with E-state index in [0.717, 1.165) is 17.0 Å². The van der Waals surface area contributed by atoms with Crippen molar-refractivity contribution in [1.29, 1.82) is 0 Å². The SMILES string of the molecule is CC(CC(=O)N1CCC(F)(C(=O)O)C1)c1ccc(C(F)(F)F)cc1. The number of hydrogen-bond donors (Lipinski definition) is 1. The lowest BCUT2D eigenvalue weighted by molar-refractivity contribution is -0.150. The van der Waals surface area contributed by atoms with E-state index in [-0.39, 0.29) is 25.3 Å². The summed E-state index contributed by atoms with van der Waals surface area (Å²) in [4.78, 5) is 24.1. The molecule has 1 amide bonds. The maximum Gasteiger partial charge on any atom is 0.416 e. The van der Waals surface area contributed by atoms with Crippen molar-refractivity contribution < 1.29 is 32.3 Å². The molecular weight excluding hydrogens is 330 g/mol. The van der Waals surface area contributed by atoms with Crippen LogP contribution in [0.2, 0.25) is 0 Å². The Morgan fingerprint density at radius 3 is 2.33 bits per heavy atom. The first kappa shape index (κ1) is 18.2. The van der Waals surface area contributed by atoms with Gasteiger partial charge in [-0.05, 0) is 23.6 Å². The smallest absolute Gasteiger partial charge is 0.416 e. The number of halogens is 4. The predicted octanol–water partition coefficient (Wildman–Crippen LogP) is 3.22. The second-order valence-electron chi connectivity index (χ2n) is 6.06. The van der Waals surface area contributed by atoms with Crippen LogP contribution < -0.4 is 0 Å². The molecule has 4 nitrogen and oxygen atoms in total. The lowest BCUT2D eigenvalue weighted by Gasteiger charge is -2.20. The summed E-state index contributed by atoms with van der Waals surface area (Å²) in [6, 6.07) is 4.51. The molecule has 1 saturated heterocycles. The van der Waals surface area contributed by atoms with Gasteiger partial charge in [0.2, 0.25) is 11.6 Å². The molecule has 8 heteroatoms. The van der Waals surface area contributed by atoms with Crippen LogP contribution in [0.15, 0.2) is 24.3 Å². The van der Waals surface area contributed by atoms with Crippen molar-refractivity contribution in [1.82, 2.24) is 4.90 Å². The fourth-order valence-corrected chi connectivity index (χ4v) is 2.67. The Labute approximate surface area is 136 Å². The van der Waals surface area contributed by atoms with E-state index in [1.165, 1.54) is 12.1 Å². The summed E-state index contributed by atoms with van der Waals surface area (Å²) < 4.78 is 51.5. The van der Waals surface area contributed by atoms with Gasteiger partial charge in [-0.15, -0.1) is 0 Å². The highest BCUT2D eigenvalue weighted by Crippen LogP contribution is 2.31. The van der Waals surface area contributed by atoms with Crippen LogP contribution in [0.25, 0.3) is 0 Å². The van der Waals surface area contributed by atoms with E-state index in [4.69, 9.17) is 5.11 Å². The Balaban J connectivity index is 1.98. The molecular formula is C16H17F4NO3. The Kier molecular flexibility index (Phi) is 4.87. The van der Waals surface area contributed by atoms with E-state index in [2.05, 4.69) is 0 Å². The summed E-state index contributed by atoms with van der Waals surface area (Å²) in [5, 5.41) is 8.82. The average molecular weight is 347 g/mol. The molecule has 1 aliphatic rings. The quantitative estimate of drug-likeness (QED) is 0.851. The topological polar surface area (TPSA) is 57.6 Å². The second-order valence-corrected chi connectivity index (χ2v) is 6.06. The molecule has 132 valence electrons. The zero-order chi connectivity index (χ0) is 18.1. The van der Waals surface area contributed by atoms with Crippen LogP contribution in [0.3, 0.4) is 0 Å². The van der Waals surface area contributed by atoms with Gasteiger partial charge >= 0.3 is 12.1 Å². The third-order valence-corrected chi connectivity index (χ3v) is 4.24. The van der Waals surface area contributed by atoms with Crippen molar-refractivity contribution in [3.05, 3.63) is 35.4 Å². The maximum absolute atomic E-state index is 14.0. The standard InChI is InChI=1S/C16H17F4NO3/c1-10(11-2-4-12(5-3-11)16(18,19)20)8-13(22)21-7-6-15(17,9-21)14(23)24/h2-5,10H,6-9H2,1H3,(H,23,24). The first-order valence-corrected chi connectivity index (χ1v) is 7.40. The average Bonchev–Trinajstić information content (AvgIpc) is 2.90. The van der Waals surface area contributed by atoms with Gasteiger partial charge in [0.05, 0.1) is 12.1 Å². The molecule has 2 unspecified atom stereocenters. The van der Waals surface area contributed by atoms with Crippen molar-refractivity contribution in [3.8, 4) is 0 Å². The summed E-state index contributed by atoms with van der Waals surface area (Å²) in [5.41, 5.74) is -2.64. The van der Waals surface area contributed by atoms with E-state index < -0.39 is 35.8 Å². The Hall–Kier alpha value is -2.12. The van der Waals surface area contributed by atoms with Gasteiger partial charge in [0, 0.05) is 19.4 Å². The van der Waals surface area contributed by atoms with E-state index in [9.17, 15) is 27.2 Å². The van der Waals surface area contributed by atoms with Crippen LogP contribution in [-0.4, -0.2) is 40.6 Å². The zero-order valence-corrected chi connectivity index (χ0v) is 12.9. The third kappa shape index (κ3) is 3.85. The summed E-state index contributed by atoms with van der Waals surface area (Å²) >= 11 is 0. The van der Waals surface area contributed by atoms with Crippen LogP contribution in [0.5, 0.6) is 0 Å². The van der Waals surface area contributed by atoms with Gasteiger partial charge in [0.25, 0.3) is 0 Å². The number of benzene rings is 1. The van der Waals surface area contributed by atoms with Crippen LogP contribution in [-0.2, 0) is 15.8 Å². The lowest BCUT2D eigenvalue weighted by Crippen LogP contribution is -2.39. The van der Waals surface area contributed by atoms with Gasteiger partial charge in [-0.3, -0.25) is 4.79 Å².